The maximum atomic E-state index is 11.9. The number of rotatable bonds is 10. The summed E-state index contributed by atoms with van der Waals surface area (Å²) in [6.07, 6.45) is 0.712. The Hall–Kier alpha value is -2.47. The average Bonchev–Trinajstić information content (AvgIpc) is 3.07. The molecule has 2 rings (SSSR count). The molecule has 1 heterocycles. The van der Waals surface area contributed by atoms with Gasteiger partial charge in [0.05, 0.1) is 6.61 Å². The lowest BCUT2D eigenvalue weighted by molar-refractivity contribution is -0.111. The molecule has 1 amide bonds. The maximum Gasteiger partial charge on any atom is 0.286 e. The molecule has 1 aromatic heterocycles. The van der Waals surface area contributed by atoms with Gasteiger partial charge in [0, 0.05) is 13.0 Å². The fourth-order valence-corrected chi connectivity index (χ4v) is 2.18. The highest BCUT2D eigenvalue weighted by molar-refractivity contribution is 6.63. The van der Waals surface area contributed by atoms with Crippen LogP contribution in [-0.4, -0.2) is 24.3 Å². The van der Waals surface area contributed by atoms with Crippen molar-refractivity contribution in [3.05, 3.63) is 47.9 Å². The number of furan rings is 1. The summed E-state index contributed by atoms with van der Waals surface area (Å²) in [6.45, 7) is 3.10. The molecule has 0 saturated carbocycles. The lowest BCUT2D eigenvalue weighted by Gasteiger charge is -2.06. The lowest BCUT2D eigenvalue weighted by Crippen LogP contribution is -2.24. The Balaban J connectivity index is 1.78. The van der Waals surface area contributed by atoms with E-state index in [1.807, 2.05) is 19.1 Å². The summed E-state index contributed by atoms with van der Waals surface area (Å²) >= 11 is 5.23. The van der Waals surface area contributed by atoms with E-state index in [0.717, 1.165) is 5.75 Å². The highest BCUT2D eigenvalue weighted by atomic mass is 35.5. The van der Waals surface area contributed by atoms with Crippen molar-refractivity contribution in [2.24, 2.45) is 0 Å². The number of halogens is 1. The van der Waals surface area contributed by atoms with Crippen molar-refractivity contribution in [1.29, 1.82) is 0 Å². The van der Waals surface area contributed by atoms with Crippen molar-refractivity contribution in [2.45, 2.75) is 26.4 Å². The first kappa shape index (κ1) is 18.9. The SMILES string of the molecule is CCOc1ccc(OCc2ccc(C(=O)NCCCC(=O)Cl)o2)cc1. The van der Waals surface area contributed by atoms with Gasteiger partial charge in [-0.25, -0.2) is 0 Å². The molecule has 0 spiro atoms. The molecule has 1 N–H and O–H groups in total. The second-order valence-corrected chi connectivity index (χ2v) is 5.60. The first-order valence-electron chi connectivity index (χ1n) is 7.99. The van der Waals surface area contributed by atoms with Gasteiger partial charge in [-0.1, -0.05) is 0 Å². The summed E-state index contributed by atoms with van der Waals surface area (Å²) in [7, 11) is 0. The summed E-state index contributed by atoms with van der Waals surface area (Å²) in [5.41, 5.74) is 0. The number of nitrogens with one attached hydrogen (secondary N) is 1. The van der Waals surface area contributed by atoms with Crippen LogP contribution in [0.3, 0.4) is 0 Å². The highest BCUT2D eigenvalue weighted by Crippen LogP contribution is 2.19. The van der Waals surface area contributed by atoms with Crippen LogP contribution in [0.25, 0.3) is 0 Å². The van der Waals surface area contributed by atoms with Crippen LogP contribution in [0.2, 0.25) is 0 Å². The molecule has 134 valence electrons. The molecule has 25 heavy (non-hydrogen) atoms. The molecule has 2 aromatic rings. The molecular formula is C18H20ClNO5. The Morgan fingerprint density at radius 2 is 1.76 bits per heavy atom. The van der Waals surface area contributed by atoms with E-state index < -0.39 is 5.24 Å². The Morgan fingerprint density at radius 1 is 1.08 bits per heavy atom. The van der Waals surface area contributed by atoms with Crippen molar-refractivity contribution >= 4 is 22.8 Å². The number of amides is 1. The third kappa shape index (κ3) is 6.51. The van der Waals surface area contributed by atoms with Crippen LogP contribution in [0.5, 0.6) is 11.5 Å². The van der Waals surface area contributed by atoms with Crippen molar-refractivity contribution in [1.82, 2.24) is 5.32 Å². The third-order valence-corrected chi connectivity index (χ3v) is 3.43. The van der Waals surface area contributed by atoms with Gasteiger partial charge < -0.3 is 19.2 Å². The molecular weight excluding hydrogens is 346 g/mol. The molecule has 0 aliphatic heterocycles. The maximum absolute atomic E-state index is 11.9. The number of hydrogen-bond donors (Lipinski definition) is 1. The fourth-order valence-electron chi connectivity index (χ4n) is 2.05. The number of benzene rings is 1. The van der Waals surface area contributed by atoms with Gasteiger partial charge >= 0.3 is 0 Å². The molecule has 0 atom stereocenters. The zero-order valence-corrected chi connectivity index (χ0v) is 14.7. The van der Waals surface area contributed by atoms with Crippen LogP contribution in [-0.2, 0) is 11.4 Å². The highest BCUT2D eigenvalue weighted by Gasteiger charge is 2.11. The van der Waals surface area contributed by atoms with E-state index in [-0.39, 0.29) is 24.7 Å². The lowest BCUT2D eigenvalue weighted by atomic mass is 10.3. The monoisotopic (exact) mass is 365 g/mol. The van der Waals surface area contributed by atoms with Crippen LogP contribution in [0.1, 0.15) is 36.1 Å². The van der Waals surface area contributed by atoms with Crippen molar-refractivity contribution in [2.75, 3.05) is 13.2 Å². The number of carbonyl (C=O) groups excluding carboxylic acids is 2. The smallest absolute Gasteiger partial charge is 0.286 e. The molecule has 1 aromatic carbocycles. The molecule has 0 unspecified atom stereocenters. The first-order chi connectivity index (χ1) is 12.1. The van der Waals surface area contributed by atoms with Gasteiger partial charge in [-0.2, -0.15) is 0 Å². The van der Waals surface area contributed by atoms with Gasteiger partial charge in [-0.05, 0) is 61.3 Å². The minimum absolute atomic E-state index is 0.197. The topological polar surface area (TPSA) is 77.8 Å². The summed E-state index contributed by atoms with van der Waals surface area (Å²) in [6, 6.07) is 10.5. The summed E-state index contributed by atoms with van der Waals surface area (Å²) in [5, 5.41) is 2.25. The van der Waals surface area contributed by atoms with Crippen LogP contribution < -0.4 is 14.8 Å². The van der Waals surface area contributed by atoms with Gasteiger partial charge in [-0.3, -0.25) is 9.59 Å². The zero-order chi connectivity index (χ0) is 18.1. The van der Waals surface area contributed by atoms with Crippen molar-refractivity contribution < 1.29 is 23.5 Å². The van der Waals surface area contributed by atoms with E-state index in [0.29, 0.717) is 31.1 Å². The minimum Gasteiger partial charge on any atom is -0.494 e. The summed E-state index contributed by atoms with van der Waals surface area (Å²) in [5.74, 6) is 1.85. The van der Waals surface area contributed by atoms with E-state index in [4.69, 9.17) is 25.5 Å². The average molecular weight is 366 g/mol. The Bertz CT molecular complexity index is 696. The predicted octanol–water partition coefficient (Wildman–Crippen LogP) is 3.53. The molecule has 0 saturated heterocycles. The van der Waals surface area contributed by atoms with Crippen molar-refractivity contribution in [3.8, 4) is 11.5 Å². The van der Waals surface area contributed by atoms with E-state index >= 15 is 0 Å². The van der Waals surface area contributed by atoms with Gasteiger partial charge in [-0.15, -0.1) is 0 Å². The van der Waals surface area contributed by atoms with Crippen LogP contribution >= 0.6 is 11.6 Å². The first-order valence-corrected chi connectivity index (χ1v) is 8.37. The molecule has 0 bridgehead atoms. The zero-order valence-electron chi connectivity index (χ0n) is 13.9. The van der Waals surface area contributed by atoms with E-state index in [1.165, 1.54) is 0 Å². The largest absolute Gasteiger partial charge is 0.494 e. The summed E-state index contributed by atoms with van der Waals surface area (Å²) < 4.78 is 16.4. The number of ether oxygens (including phenoxy) is 2. The second-order valence-electron chi connectivity index (χ2n) is 5.17. The number of carbonyl (C=O) groups is 2. The molecule has 0 aliphatic rings. The molecule has 0 fully saturated rings. The van der Waals surface area contributed by atoms with Crippen LogP contribution in [0.4, 0.5) is 0 Å². The minimum atomic E-state index is -0.416. The van der Waals surface area contributed by atoms with Crippen molar-refractivity contribution in [3.63, 3.8) is 0 Å². The normalized spacial score (nSPS) is 10.3. The number of hydrogen-bond acceptors (Lipinski definition) is 5. The second kappa shape index (κ2) is 9.74. The standard InChI is InChI=1S/C18H20ClNO5/c1-2-23-13-5-7-14(8-6-13)24-12-15-9-10-16(25-15)18(22)20-11-3-4-17(19)21/h5-10H,2-4,11-12H2,1H3,(H,20,22). The van der Waals surface area contributed by atoms with Gasteiger partial charge in [0.2, 0.25) is 5.24 Å². The van der Waals surface area contributed by atoms with Gasteiger partial charge in [0.25, 0.3) is 5.91 Å². The van der Waals surface area contributed by atoms with Gasteiger partial charge in [0.1, 0.15) is 23.9 Å². The van der Waals surface area contributed by atoms with Crippen LogP contribution in [0.15, 0.2) is 40.8 Å². The Morgan fingerprint density at radius 3 is 2.40 bits per heavy atom. The van der Waals surface area contributed by atoms with Crippen LogP contribution in [0, 0.1) is 0 Å². The fraction of sp³-hybridized carbons (Fsp3) is 0.333. The van der Waals surface area contributed by atoms with E-state index in [2.05, 4.69) is 5.32 Å². The third-order valence-electron chi connectivity index (χ3n) is 3.24. The molecule has 7 heteroatoms. The molecule has 0 aliphatic carbocycles. The summed E-state index contributed by atoms with van der Waals surface area (Å²) in [4.78, 5) is 22.5. The van der Waals surface area contributed by atoms with E-state index in [9.17, 15) is 9.59 Å². The van der Waals surface area contributed by atoms with E-state index in [1.54, 1.807) is 24.3 Å². The molecule has 0 radical (unpaired) electrons. The molecule has 6 nitrogen and oxygen atoms in total. The van der Waals surface area contributed by atoms with Gasteiger partial charge in [0.15, 0.2) is 5.76 Å². The predicted molar refractivity (Wildman–Crippen MR) is 93.1 cm³/mol. The Labute approximate surface area is 151 Å². The Kier molecular flexibility index (Phi) is 7.35. The quantitative estimate of drug-likeness (QED) is 0.514.